The van der Waals surface area contributed by atoms with Crippen molar-refractivity contribution >= 4 is 16.7 Å². The summed E-state index contributed by atoms with van der Waals surface area (Å²) in [6, 6.07) is 7.80. The highest BCUT2D eigenvalue weighted by atomic mass is 19.4. The molecule has 0 radical (unpaired) electrons. The molecule has 10 heteroatoms. The Bertz CT molecular complexity index is 1280. The zero-order valence-corrected chi connectivity index (χ0v) is 21.5. The minimum Gasteiger partial charge on any atom is -0.490 e. The molecule has 0 aromatic heterocycles. The molecule has 212 valence electrons. The average Bonchev–Trinajstić information content (AvgIpc) is 3.47. The Morgan fingerprint density at radius 2 is 1.72 bits per heavy atom. The predicted octanol–water partition coefficient (Wildman–Crippen LogP) is 7.75. The molecule has 2 bridgehead atoms. The third-order valence-corrected chi connectivity index (χ3v) is 9.79. The lowest BCUT2D eigenvalue weighted by atomic mass is 9.85. The number of alkyl halides is 6. The maximum Gasteiger partial charge on any atom is 0.420 e. The first-order valence-electron chi connectivity index (χ1n) is 13.7. The lowest BCUT2D eigenvalue weighted by Gasteiger charge is -2.45. The summed E-state index contributed by atoms with van der Waals surface area (Å²) in [4.78, 5) is 14.1. The van der Waals surface area contributed by atoms with Crippen LogP contribution in [0.5, 0.6) is 5.75 Å². The van der Waals surface area contributed by atoms with Gasteiger partial charge in [-0.3, -0.25) is 9.69 Å². The number of fused-ring (bicyclic) bond motifs is 2. The van der Waals surface area contributed by atoms with Crippen LogP contribution in [0.2, 0.25) is 0 Å². The number of benzene rings is 2. The number of hydrogen-bond donors (Lipinski definition) is 1. The van der Waals surface area contributed by atoms with Gasteiger partial charge in [-0.2, -0.15) is 26.3 Å². The summed E-state index contributed by atoms with van der Waals surface area (Å²) >= 11 is 0. The molecule has 2 aliphatic heterocycles. The van der Waals surface area contributed by atoms with Gasteiger partial charge in [0.25, 0.3) is 0 Å². The second-order valence-corrected chi connectivity index (χ2v) is 12.0. The molecule has 1 spiro atoms. The van der Waals surface area contributed by atoms with E-state index in [1.165, 1.54) is 6.07 Å². The highest BCUT2D eigenvalue weighted by Crippen LogP contribution is 2.67. The largest absolute Gasteiger partial charge is 0.490 e. The average molecular weight is 556 g/mol. The van der Waals surface area contributed by atoms with E-state index in [4.69, 9.17) is 4.74 Å². The molecule has 2 saturated carbocycles. The van der Waals surface area contributed by atoms with Gasteiger partial charge >= 0.3 is 18.3 Å². The quantitative estimate of drug-likeness (QED) is 0.384. The smallest absolute Gasteiger partial charge is 0.420 e. The minimum atomic E-state index is -4.72. The fourth-order valence-corrected chi connectivity index (χ4v) is 7.90. The third-order valence-electron chi connectivity index (χ3n) is 9.79. The van der Waals surface area contributed by atoms with E-state index in [9.17, 15) is 36.2 Å². The van der Waals surface area contributed by atoms with Crippen molar-refractivity contribution in [3.05, 3.63) is 41.5 Å². The fourth-order valence-electron chi connectivity index (χ4n) is 7.90. The second-order valence-electron chi connectivity index (χ2n) is 12.0. The topological polar surface area (TPSA) is 49.8 Å². The lowest BCUT2D eigenvalue weighted by molar-refractivity contribution is -0.185. The van der Waals surface area contributed by atoms with Gasteiger partial charge in [0.15, 0.2) is 0 Å². The number of carbonyl (C=O) groups is 1. The van der Waals surface area contributed by atoms with Crippen molar-refractivity contribution in [2.45, 2.75) is 94.4 Å². The van der Waals surface area contributed by atoms with Crippen molar-refractivity contribution in [3.63, 3.8) is 0 Å². The summed E-state index contributed by atoms with van der Waals surface area (Å²) in [6.45, 7) is 1.98. The highest BCUT2D eigenvalue weighted by molar-refractivity contribution is 5.89. The Morgan fingerprint density at radius 3 is 2.33 bits per heavy atom. The van der Waals surface area contributed by atoms with Crippen molar-refractivity contribution in [3.8, 4) is 5.75 Å². The molecule has 4 unspecified atom stereocenters. The maximum atomic E-state index is 14.5. The van der Waals surface area contributed by atoms with Gasteiger partial charge in [-0.25, -0.2) is 0 Å². The van der Waals surface area contributed by atoms with Gasteiger partial charge < -0.3 is 9.84 Å². The molecule has 0 amide bonds. The molecule has 4 fully saturated rings. The lowest BCUT2D eigenvalue weighted by Crippen LogP contribution is -2.49. The van der Waals surface area contributed by atoms with E-state index < -0.39 is 35.9 Å². The van der Waals surface area contributed by atoms with E-state index >= 15 is 0 Å². The van der Waals surface area contributed by atoms with Gasteiger partial charge in [0.05, 0.1) is 17.9 Å². The second kappa shape index (κ2) is 9.01. The van der Waals surface area contributed by atoms with Gasteiger partial charge in [0.1, 0.15) is 11.3 Å². The molecule has 6 rings (SSSR count). The number of ether oxygens (including phenoxy) is 1. The van der Waals surface area contributed by atoms with Gasteiger partial charge in [-0.05, 0) is 92.7 Å². The number of rotatable bonds is 5. The number of nitrogens with zero attached hydrogens (tertiary/aromatic N) is 1. The van der Waals surface area contributed by atoms with Gasteiger partial charge in [0.2, 0.25) is 0 Å². The molecular formula is C29H31F6NO3. The van der Waals surface area contributed by atoms with E-state index in [0.29, 0.717) is 24.1 Å². The fraction of sp³-hybridized carbons (Fsp3) is 0.621. The van der Waals surface area contributed by atoms with Crippen LogP contribution in [0.25, 0.3) is 10.8 Å². The number of hydrogen-bond acceptors (Lipinski definition) is 3. The Kier molecular flexibility index (Phi) is 6.17. The summed E-state index contributed by atoms with van der Waals surface area (Å²) in [5.74, 6) is -2.52. The molecule has 2 aromatic rings. The molecule has 4 aliphatic rings. The molecule has 1 N–H and O–H groups in total. The van der Waals surface area contributed by atoms with Crippen LogP contribution in [0.1, 0.15) is 75.5 Å². The van der Waals surface area contributed by atoms with Crippen molar-refractivity contribution in [2.24, 2.45) is 17.8 Å². The van der Waals surface area contributed by atoms with Crippen LogP contribution in [-0.2, 0) is 11.0 Å². The standard InChI is InChI=1S/C29H31F6NO3/c1-15(36-21-10-18(26(37)38)13-27(36)14-20(27)12-21)17-3-2-16-4-9-24(25(23(16)11-17)29(33,34)35)39-22-7-5-19(6-8-22)28(30,31)32/h2-4,9,11,15,18-22H,5-8,10,12-14H2,1H3,(H,37,38)/t15-,18?,19?,20?,21?,22?,27?/m0/s1. The van der Waals surface area contributed by atoms with Crippen LogP contribution in [-0.4, -0.2) is 39.8 Å². The van der Waals surface area contributed by atoms with Gasteiger partial charge in [-0.15, -0.1) is 0 Å². The number of aliphatic carboxylic acids is 1. The zero-order valence-electron chi connectivity index (χ0n) is 21.5. The van der Waals surface area contributed by atoms with Gasteiger partial charge in [-0.1, -0.05) is 18.2 Å². The summed E-state index contributed by atoms with van der Waals surface area (Å²) in [6.07, 6.45) is -6.99. The molecule has 5 atom stereocenters. The first-order chi connectivity index (χ1) is 18.3. The SMILES string of the molecule is C[C@@H](c1ccc2ccc(OC3CCC(C(F)(F)F)CC3)c(C(F)(F)F)c2c1)N1C2CC(C(=O)O)CC13CC3C2. The molecule has 2 aromatic carbocycles. The first kappa shape index (κ1) is 26.7. The number of piperidine rings is 2. The van der Waals surface area contributed by atoms with Crippen LogP contribution >= 0.6 is 0 Å². The molecule has 2 saturated heterocycles. The Balaban J connectivity index is 1.30. The molecular weight excluding hydrogens is 524 g/mol. The van der Waals surface area contributed by atoms with Crippen LogP contribution in [0.4, 0.5) is 26.3 Å². The van der Waals surface area contributed by atoms with Gasteiger partial charge in [0, 0.05) is 17.6 Å². The van der Waals surface area contributed by atoms with Crippen LogP contribution in [0, 0.1) is 17.8 Å². The van der Waals surface area contributed by atoms with E-state index in [1.807, 2.05) is 13.0 Å². The van der Waals surface area contributed by atoms with Crippen LogP contribution in [0.3, 0.4) is 0 Å². The zero-order chi connectivity index (χ0) is 27.9. The summed E-state index contributed by atoms with van der Waals surface area (Å²) in [5.41, 5.74) is -0.364. The molecule has 39 heavy (non-hydrogen) atoms. The summed E-state index contributed by atoms with van der Waals surface area (Å²) in [5, 5.41) is 10.0. The first-order valence-corrected chi connectivity index (χ1v) is 13.7. The predicted molar refractivity (Wildman–Crippen MR) is 131 cm³/mol. The Hall–Kier alpha value is -2.49. The molecule has 2 aliphatic carbocycles. The minimum absolute atomic E-state index is 0.00550. The molecule has 2 heterocycles. The maximum absolute atomic E-state index is 14.5. The highest BCUT2D eigenvalue weighted by Gasteiger charge is 2.69. The van der Waals surface area contributed by atoms with Crippen molar-refractivity contribution in [1.82, 2.24) is 4.90 Å². The number of halogens is 6. The summed E-state index contributed by atoms with van der Waals surface area (Å²) in [7, 11) is 0. The Morgan fingerprint density at radius 1 is 1.03 bits per heavy atom. The van der Waals surface area contributed by atoms with Crippen LogP contribution in [0.15, 0.2) is 30.3 Å². The number of carboxylic acids is 1. The summed E-state index contributed by atoms with van der Waals surface area (Å²) < 4.78 is 88.3. The van der Waals surface area contributed by atoms with Crippen molar-refractivity contribution < 1.29 is 41.0 Å². The molecule has 4 nitrogen and oxygen atoms in total. The van der Waals surface area contributed by atoms with E-state index in [2.05, 4.69) is 4.90 Å². The van der Waals surface area contributed by atoms with E-state index in [-0.39, 0.29) is 60.4 Å². The normalized spacial score (nSPS) is 33.6. The Labute approximate surface area is 222 Å². The van der Waals surface area contributed by atoms with Crippen molar-refractivity contribution in [2.75, 3.05) is 0 Å². The van der Waals surface area contributed by atoms with E-state index in [0.717, 1.165) is 18.4 Å². The monoisotopic (exact) mass is 555 g/mol. The van der Waals surface area contributed by atoms with Crippen LogP contribution < -0.4 is 4.74 Å². The van der Waals surface area contributed by atoms with Crippen molar-refractivity contribution in [1.29, 1.82) is 0 Å². The van der Waals surface area contributed by atoms with E-state index in [1.54, 1.807) is 18.2 Å². The third kappa shape index (κ3) is 4.56. The number of carboxylic acid groups (broad SMARTS) is 1.